The second kappa shape index (κ2) is 7.12. The third-order valence-corrected chi connectivity index (χ3v) is 8.40. The fourth-order valence-electron chi connectivity index (χ4n) is 2.99. The van der Waals surface area contributed by atoms with Gasteiger partial charge in [0.25, 0.3) is 0 Å². The van der Waals surface area contributed by atoms with E-state index in [0.29, 0.717) is 21.5 Å². The molecule has 3 rings (SSSR count). The summed E-state index contributed by atoms with van der Waals surface area (Å²) in [7, 11) is -3.61. The minimum absolute atomic E-state index is 0.337. The molecule has 1 saturated heterocycles. The zero-order chi connectivity index (χ0) is 18.4. The first kappa shape index (κ1) is 19.1. The average molecular weight is 416 g/mol. The predicted octanol–water partition coefficient (Wildman–Crippen LogP) is 5.35. The summed E-state index contributed by atoms with van der Waals surface area (Å²) >= 11 is 13.9. The molecule has 0 aromatic heterocycles. The average Bonchev–Trinajstić information content (AvgIpc) is 3.01. The van der Waals surface area contributed by atoms with Crippen LogP contribution in [0, 0.1) is 20.8 Å². The van der Waals surface area contributed by atoms with E-state index in [0.717, 1.165) is 28.0 Å². The Morgan fingerprint density at radius 1 is 1.04 bits per heavy atom. The van der Waals surface area contributed by atoms with Crippen LogP contribution >= 0.6 is 35.0 Å². The maximum Gasteiger partial charge on any atom is 0.244 e. The van der Waals surface area contributed by atoms with Gasteiger partial charge in [0.05, 0.1) is 10.3 Å². The lowest BCUT2D eigenvalue weighted by molar-refractivity contribution is 0.434. The molecule has 0 N–H and O–H groups in total. The Labute approximate surface area is 163 Å². The molecule has 7 heteroatoms. The van der Waals surface area contributed by atoms with Gasteiger partial charge in [-0.25, -0.2) is 8.42 Å². The highest BCUT2D eigenvalue weighted by Crippen LogP contribution is 2.44. The van der Waals surface area contributed by atoms with E-state index in [4.69, 9.17) is 23.2 Å². The number of thioether (sulfide) groups is 1. The van der Waals surface area contributed by atoms with Crippen LogP contribution in [0.25, 0.3) is 0 Å². The van der Waals surface area contributed by atoms with Gasteiger partial charge >= 0.3 is 0 Å². The van der Waals surface area contributed by atoms with Crippen molar-refractivity contribution >= 4 is 45.0 Å². The standard InChI is InChI=1S/C18H19Cl2NO2S2/c1-11-8-13(3)17(9-12(11)2)25(22,23)21-6-7-24-18(21)15-5-4-14(19)10-16(15)20/h4-5,8-10,18H,6-7H2,1-3H3. The van der Waals surface area contributed by atoms with E-state index < -0.39 is 10.0 Å². The summed E-state index contributed by atoms with van der Waals surface area (Å²) in [5, 5.41) is 0.691. The number of halogens is 2. The molecule has 1 fully saturated rings. The van der Waals surface area contributed by atoms with Crippen molar-refractivity contribution in [2.24, 2.45) is 0 Å². The molecule has 0 aliphatic carbocycles. The fraction of sp³-hybridized carbons (Fsp3) is 0.333. The Bertz CT molecular complexity index is 929. The van der Waals surface area contributed by atoms with Crippen molar-refractivity contribution in [3.8, 4) is 0 Å². The Morgan fingerprint density at radius 3 is 2.40 bits per heavy atom. The third kappa shape index (κ3) is 3.58. The molecule has 3 nitrogen and oxygen atoms in total. The number of sulfonamides is 1. The Hall–Kier alpha value is -0.720. The van der Waals surface area contributed by atoms with Gasteiger partial charge in [0.15, 0.2) is 0 Å². The topological polar surface area (TPSA) is 37.4 Å². The van der Waals surface area contributed by atoms with Crippen molar-refractivity contribution in [3.63, 3.8) is 0 Å². The molecule has 1 aliphatic heterocycles. The molecule has 2 aromatic rings. The summed E-state index contributed by atoms with van der Waals surface area (Å²) < 4.78 is 28.2. The lowest BCUT2D eigenvalue weighted by atomic mass is 10.1. The summed E-state index contributed by atoms with van der Waals surface area (Å²) in [5.41, 5.74) is 3.60. The van der Waals surface area contributed by atoms with Gasteiger partial charge in [0.2, 0.25) is 10.0 Å². The van der Waals surface area contributed by atoms with Crippen molar-refractivity contribution in [2.45, 2.75) is 31.0 Å². The van der Waals surface area contributed by atoms with Crippen LogP contribution < -0.4 is 0 Å². The Balaban J connectivity index is 2.06. The monoisotopic (exact) mass is 415 g/mol. The Morgan fingerprint density at radius 2 is 1.72 bits per heavy atom. The van der Waals surface area contributed by atoms with Gasteiger partial charge in [-0.15, -0.1) is 11.8 Å². The van der Waals surface area contributed by atoms with E-state index in [1.54, 1.807) is 34.3 Å². The van der Waals surface area contributed by atoms with Crippen molar-refractivity contribution in [2.75, 3.05) is 12.3 Å². The molecule has 0 amide bonds. The van der Waals surface area contributed by atoms with Crippen molar-refractivity contribution < 1.29 is 8.42 Å². The van der Waals surface area contributed by atoms with Gasteiger partial charge in [-0.05, 0) is 61.2 Å². The summed E-state index contributed by atoms with van der Waals surface area (Å²) in [6.45, 7) is 6.22. The van der Waals surface area contributed by atoms with Gasteiger partial charge in [-0.2, -0.15) is 4.31 Å². The summed E-state index contributed by atoms with van der Waals surface area (Å²) in [4.78, 5) is 0.369. The van der Waals surface area contributed by atoms with Gasteiger partial charge in [-0.1, -0.05) is 35.3 Å². The van der Waals surface area contributed by atoms with E-state index in [9.17, 15) is 8.42 Å². The SMILES string of the molecule is Cc1cc(C)c(S(=O)(=O)N2CCSC2c2ccc(Cl)cc2Cl)cc1C. The second-order valence-electron chi connectivity index (χ2n) is 6.21. The molecule has 0 saturated carbocycles. The first-order valence-electron chi connectivity index (χ1n) is 7.88. The molecule has 1 aliphatic rings. The molecule has 0 bridgehead atoms. The quantitative estimate of drug-likeness (QED) is 0.677. The predicted molar refractivity (Wildman–Crippen MR) is 106 cm³/mol. The number of rotatable bonds is 3. The van der Waals surface area contributed by atoms with E-state index >= 15 is 0 Å². The third-order valence-electron chi connectivity index (χ3n) is 4.46. The molecule has 1 atom stereocenters. The van der Waals surface area contributed by atoms with Crippen LogP contribution in [0.3, 0.4) is 0 Å². The van der Waals surface area contributed by atoms with Crippen LogP contribution in [0.2, 0.25) is 10.0 Å². The molecule has 1 unspecified atom stereocenters. The number of nitrogens with zero attached hydrogens (tertiary/aromatic N) is 1. The smallest absolute Gasteiger partial charge is 0.207 e. The highest BCUT2D eigenvalue weighted by Gasteiger charge is 2.38. The molecule has 25 heavy (non-hydrogen) atoms. The lowest BCUT2D eigenvalue weighted by Gasteiger charge is -2.25. The maximum absolute atomic E-state index is 13.3. The normalized spacial score (nSPS) is 18.7. The van der Waals surface area contributed by atoms with Crippen LogP contribution in [0.4, 0.5) is 0 Å². The molecular weight excluding hydrogens is 397 g/mol. The first-order valence-corrected chi connectivity index (χ1v) is 11.1. The molecule has 134 valence electrons. The minimum atomic E-state index is -3.61. The van der Waals surface area contributed by atoms with Crippen LogP contribution in [0.5, 0.6) is 0 Å². The first-order chi connectivity index (χ1) is 11.7. The van der Waals surface area contributed by atoms with E-state index in [1.165, 1.54) is 0 Å². The highest BCUT2D eigenvalue weighted by atomic mass is 35.5. The molecule has 0 radical (unpaired) electrons. The summed E-state index contributed by atoms with van der Waals surface area (Å²) in [6.07, 6.45) is 0. The molecule has 1 heterocycles. The number of hydrogen-bond donors (Lipinski definition) is 0. The van der Waals surface area contributed by atoms with Crippen molar-refractivity contribution in [3.05, 3.63) is 62.6 Å². The van der Waals surface area contributed by atoms with E-state index in [1.807, 2.05) is 32.9 Å². The molecule has 2 aromatic carbocycles. The van der Waals surface area contributed by atoms with Crippen molar-refractivity contribution in [1.82, 2.24) is 4.31 Å². The van der Waals surface area contributed by atoms with Gasteiger partial charge in [-0.3, -0.25) is 0 Å². The Kier molecular flexibility index (Phi) is 5.43. The van der Waals surface area contributed by atoms with Gasteiger partial charge in [0.1, 0.15) is 0 Å². The van der Waals surface area contributed by atoms with Gasteiger partial charge in [0, 0.05) is 22.3 Å². The fourth-order valence-corrected chi connectivity index (χ4v) is 7.12. The molecular formula is C18H19Cl2NO2S2. The summed E-state index contributed by atoms with van der Waals surface area (Å²) in [6, 6.07) is 8.90. The zero-order valence-electron chi connectivity index (χ0n) is 14.2. The molecule has 0 spiro atoms. The van der Waals surface area contributed by atoms with Crippen LogP contribution in [-0.4, -0.2) is 25.0 Å². The van der Waals surface area contributed by atoms with E-state index in [-0.39, 0.29) is 5.37 Å². The lowest BCUT2D eigenvalue weighted by Crippen LogP contribution is -2.31. The van der Waals surface area contributed by atoms with E-state index in [2.05, 4.69) is 0 Å². The van der Waals surface area contributed by atoms with Crippen molar-refractivity contribution in [1.29, 1.82) is 0 Å². The number of hydrogen-bond acceptors (Lipinski definition) is 3. The van der Waals surface area contributed by atoms with Crippen LogP contribution in [0.1, 0.15) is 27.6 Å². The minimum Gasteiger partial charge on any atom is -0.207 e. The van der Waals surface area contributed by atoms with Crippen LogP contribution in [-0.2, 0) is 10.0 Å². The largest absolute Gasteiger partial charge is 0.244 e. The number of aryl methyl sites for hydroxylation is 3. The number of benzene rings is 2. The van der Waals surface area contributed by atoms with Crippen LogP contribution in [0.15, 0.2) is 35.2 Å². The second-order valence-corrected chi connectivity index (χ2v) is 10.1. The summed E-state index contributed by atoms with van der Waals surface area (Å²) in [5.74, 6) is 0.729. The maximum atomic E-state index is 13.3. The highest BCUT2D eigenvalue weighted by molar-refractivity contribution is 8.01. The zero-order valence-corrected chi connectivity index (χ0v) is 17.4. The van der Waals surface area contributed by atoms with Gasteiger partial charge < -0.3 is 0 Å².